The van der Waals surface area contributed by atoms with E-state index in [9.17, 15) is 0 Å². The molecule has 0 aliphatic rings. The van der Waals surface area contributed by atoms with Crippen LogP contribution in [0.3, 0.4) is 0 Å². The molecule has 0 atom stereocenters. The number of rotatable bonds is 34. The van der Waals surface area contributed by atoms with Crippen LogP contribution in [0.1, 0.15) is 239 Å². The summed E-state index contributed by atoms with van der Waals surface area (Å²) in [4.78, 5) is 0. The van der Waals surface area contributed by atoms with Crippen LogP contribution >= 0.6 is 0 Å². The summed E-state index contributed by atoms with van der Waals surface area (Å²) in [5, 5.41) is 0. The van der Waals surface area contributed by atoms with Crippen molar-refractivity contribution >= 4 is 0 Å². The van der Waals surface area contributed by atoms with Crippen LogP contribution in [0, 0.1) is 5.92 Å². The van der Waals surface area contributed by atoms with Gasteiger partial charge >= 0.3 is 0 Å². The fourth-order valence-corrected chi connectivity index (χ4v) is 6.07. The lowest BCUT2D eigenvalue weighted by atomic mass is 9.95. The maximum atomic E-state index is 2.43. The Bertz CT molecular complexity index is 349. The van der Waals surface area contributed by atoms with E-state index in [2.05, 4.69) is 20.8 Å². The van der Waals surface area contributed by atoms with E-state index in [-0.39, 0.29) is 0 Å². The highest BCUT2D eigenvalue weighted by Crippen LogP contribution is 2.21. The van der Waals surface area contributed by atoms with E-state index in [1.165, 1.54) is 218 Å². The van der Waals surface area contributed by atoms with E-state index >= 15 is 0 Å². The zero-order chi connectivity index (χ0) is 27.6. The summed E-state index contributed by atoms with van der Waals surface area (Å²) in [7, 11) is 0. The summed E-state index contributed by atoms with van der Waals surface area (Å²) in [5.74, 6) is 1.78. The molecule has 0 aromatic rings. The van der Waals surface area contributed by atoms with E-state index in [0.29, 0.717) is 0 Å². The second-order valence-corrected chi connectivity index (χ2v) is 13.1. The molecule has 0 rings (SSSR count). The minimum atomic E-state index is 1.37. The first-order chi connectivity index (χ1) is 18.8. The lowest BCUT2D eigenvalue weighted by molar-refractivity contribution is 0.519. The van der Waals surface area contributed by atoms with Gasteiger partial charge in [0.2, 0.25) is 0 Å². The van der Waals surface area contributed by atoms with Gasteiger partial charge in [-0.1, -0.05) is 226 Å². The monoisotopic (exact) mass is 534 g/mol. The Labute approximate surface area is 244 Å². The molecule has 0 aliphatic carbocycles. The van der Waals surface area contributed by atoms with Crippen LogP contribution < -0.4 is 0 Å². The minimum Gasteiger partial charge on any atom is -0.0654 e. The van der Waals surface area contributed by atoms with Crippen molar-refractivity contribution in [1.29, 1.82) is 0 Å². The van der Waals surface area contributed by atoms with Gasteiger partial charge in [-0.3, -0.25) is 0 Å². The average molecular weight is 534 g/mol. The third-order valence-corrected chi connectivity index (χ3v) is 8.91. The smallest absolute Gasteiger partial charge is 0.0272 e. The van der Waals surface area contributed by atoms with Crippen molar-refractivity contribution in [2.75, 3.05) is 0 Å². The molecule has 1 radical (unpaired) electrons. The van der Waals surface area contributed by atoms with Crippen molar-refractivity contribution in [1.82, 2.24) is 0 Å². The molecule has 0 aliphatic heterocycles. The van der Waals surface area contributed by atoms with E-state index in [0.717, 1.165) is 0 Å². The molecule has 0 saturated carbocycles. The lowest BCUT2D eigenvalue weighted by Gasteiger charge is -2.10. The van der Waals surface area contributed by atoms with Gasteiger partial charge in [0.25, 0.3) is 0 Å². The standard InChI is InChI=1S/C38H77/c1-4-6-8-10-12-14-16-18-20-22-24-26-28-30-32-34-36-38(3)37-35-33-31-29-27-25-23-21-19-17-15-13-11-9-7-5-2/h4-37H2,1-3H3. The van der Waals surface area contributed by atoms with E-state index < -0.39 is 0 Å². The van der Waals surface area contributed by atoms with Crippen molar-refractivity contribution in [2.24, 2.45) is 0 Å². The molecule has 0 heterocycles. The van der Waals surface area contributed by atoms with Crippen LogP contribution in [-0.4, -0.2) is 0 Å². The molecule has 229 valence electrons. The van der Waals surface area contributed by atoms with Crippen LogP contribution in [0.15, 0.2) is 0 Å². The highest BCUT2D eigenvalue weighted by atomic mass is 14.1. The first-order valence-corrected chi connectivity index (χ1v) is 18.6. The maximum absolute atomic E-state index is 2.43. The Hall–Kier alpha value is 0. The summed E-state index contributed by atoms with van der Waals surface area (Å²) in [6, 6.07) is 0. The Morgan fingerprint density at radius 1 is 0.237 bits per heavy atom. The number of hydrogen-bond acceptors (Lipinski definition) is 0. The molecule has 0 nitrogen and oxygen atoms in total. The van der Waals surface area contributed by atoms with E-state index in [1.807, 2.05) is 0 Å². The second-order valence-electron chi connectivity index (χ2n) is 13.1. The molecule has 0 bridgehead atoms. The van der Waals surface area contributed by atoms with Gasteiger partial charge < -0.3 is 0 Å². The predicted octanol–water partition coefficient (Wildman–Crippen LogP) is 14.9. The van der Waals surface area contributed by atoms with Gasteiger partial charge in [0, 0.05) is 0 Å². The topological polar surface area (TPSA) is 0 Å². The van der Waals surface area contributed by atoms with E-state index in [4.69, 9.17) is 0 Å². The van der Waals surface area contributed by atoms with Crippen LogP contribution in [0.25, 0.3) is 0 Å². The Morgan fingerprint density at radius 2 is 0.395 bits per heavy atom. The highest BCUT2D eigenvalue weighted by Gasteiger charge is 2.03. The lowest BCUT2D eigenvalue weighted by Crippen LogP contribution is -1.93. The van der Waals surface area contributed by atoms with Crippen molar-refractivity contribution in [3.05, 3.63) is 5.92 Å². The second kappa shape index (κ2) is 35.0. The Kier molecular flexibility index (Phi) is 35.0. The molecule has 38 heavy (non-hydrogen) atoms. The summed E-state index contributed by atoms with van der Waals surface area (Å²) in [6.07, 6.45) is 49.8. The molecule has 0 unspecified atom stereocenters. The first-order valence-electron chi connectivity index (χ1n) is 18.6. The summed E-state index contributed by atoms with van der Waals surface area (Å²) >= 11 is 0. The van der Waals surface area contributed by atoms with Gasteiger partial charge in [-0.25, -0.2) is 0 Å². The summed E-state index contributed by atoms with van der Waals surface area (Å²) < 4.78 is 0. The normalized spacial score (nSPS) is 11.7. The minimum absolute atomic E-state index is 1.37. The van der Waals surface area contributed by atoms with Gasteiger partial charge in [0.1, 0.15) is 0 Å². The van der Waals surface area contributed by atoms with Crippen LogP contribution in [0.2, 0.25) is 0 Å². The molecule has 0 N–H and O–H groups in total. The van der Waals surface area contributed by atoms with Gasteiger partial charge in [-0.2, -0.15) is 0 Å². The van der Waals surface area contributed by atoms with Gasteiger partial charge in [-0.05, 0) is 18.8 Å². The predicted molar refractivity (Wildman–Crippen MR) is 177 cm³/mol. The van der Waals surface area contributed by atoms with Crippen LogP contribution in [-0.2, 0) is 0 Å². The van der Waals surface area contributed by atoms with Gasteiger partial charge in [0.15, 0.2) is 0 Å². The number of unbranched alkanes of at least 4 members (excludes halogenated alkanes) is 30. The molecule has 0 heteroatoms. The number of hydrogen-bond donors (Lipinski definition) is 0. The van der Waals surface area contributed by atoms with Gasteiger partial charge in [0.05, 0.1) is 0 Å². The summed E-state index contributed by atoms with van der Waals surface area (Å²) in [5.41, 5.74) is 0. The highest BCUT2D eigenvalue weighted by molar-refractivity contribution is 4.83. The fourth-order valence-electron chi connectivity index (χ4n) is 6.07. The van der Waals surface area contributed by atoms with Crippen molar-refractivity contribution in [3.8, 4) is 0 Å². The molecule has 0 spiro atoms. The first kappa shape index (κ1) is 38.0. The zero-order valence-electron chi connectivity index (χ0n) is 27.5. The quantitative estimate of drug-likeness (QED) is 0.0721. The largest absolute Gasteiger partial charge is 0.0654 e. The van der Waals surface area contributed by atoms with Crippen LogP contribution in [0.5, 0.6) is 0 Å². The maximum Gasteiger partial charge on any atom is -0.0272 e. The van der Waals surface area contributed by atoms with Crippen molar-refractivity contribution in [3.63, 3.8) is 0 Å². The third kappa shape index (κ3) is 34.0. The van der Waals surface area contributed by atoms with Crippen LogP contribution in [0.4, 0.5) is 0 Å². The van der Waals surface area contributed by atoms with E-state index in [1.54, 1.807) is 5.92 Å². The molecular formula is C38H77. The Morgan fingerprint density at radius 3 is 0.579 bits per heavy atom. The SMILES string of the molecule is CCCCCCCCCCCCCCCCCC[C](C)CCCCCCCCCCCCCCCCCC. The molecule has 0 fully saturated rings. The molecule has 0 saturated heterocycles. The zero-order valence-corrected chi connectivity index (χ0v) is 27.5. The Balaban J connectivity index is 3.13. The molecule has 0 amide bonds. The van der Waals surface area contributed by atoms with Crippen molar-refractivity contribution in [2.45, 2.75) is 239 Å². The average Bonchev–Trinajstić information content (AvgIpc) is 2.92. The third-order valence-electron chi connectivity index (χ3n) is 8.91. The fraction of sp³-hybridized carbons (Fsp3) is 0.974. The summed E-state index contributed by atoms with van der Waals surface area (Å²) in [6.45, 7) is 7.04. The molecule has 0 aromatic heterocycles. The van der Waals surface area contributed by atoms with Crippen molar-refractivity contribution < 1.29 is 0 Å². The molecule has 0 aromatic carbocycles. The van der Waals surface area contributed by atoms with Gasteiger partial charge in [-0.15, -0.1) is 0 Å². The molecular weight excluding hydrogens is 456 g/mol.